The van der Waals surface area contributed by atoms with Crippen molar-refractivity contribution in [2.45, 2.75) is 0 Å². The Hall–Kier alpha value is -3.26. The fourth-order valence-electron chi connectivity index (χ4n) is 3.31. The zero-order valence-electron chi connectivity index (χ0n) is 12.9. The van der Waals surface area contributed by atoms with E-state index in [9.17, 15) is 9.59 Å². The number of carbonyl (C=O) groups is 2. The number of aldehydes is 2. The maximum Gasteiger partial charge on any atom is 0.151 e. The van der Waals surface area contributed by atoms with Gasteiger partial charge in [0.2, 0.25) is 0 Å². The first-order chi connectivity index (χ1) is 11.8. The summed E-state index contributed by atoms with van der Waals surface area (Å²) in [6.45, 7) is 0. The van der Waals surface area contributed by atoms with E-state index in [4.69, 9.17) is 0 Å². The standard InChI is InChI=1S/C22H14O2/c23-13-21-17-7-3-1-5-15(17)9-11-19(21)20-12-10-16-6-2-4-8-18(16)22(20)14-24/h1-14H. The quantitative estimate of drug-likeness (QED) is 0.482. The number of benzene rings is 4. The average Bonchev–Trinajstić information content (AvgIpc) is 2.66. The molecule has 0 atom stereocenters. The summed E-state index contributed by atoms with van der Waals surface area (Å²) in [7, 11) is 0. The normalized spacial score (nSPS) is 10.8. The molecule has 0 aliphatic heterocycles. The molecule has 0 heterocycles. The van der Waals surface area contributed by atoms with Crippen LogP contribution >= 0.6 is 0 Å². The fourth-order valence-corrected chi connectivity index (χ4v) is 3.31. The number of hydrogen-bond donors (Lipinski definition) is 0. The van der Waals surface area contributed by atoms with E-state index in [-0.39, 0.29) is 0 Å². The molecule has 0 unspecified atom stereocenters. The second-order valence-electron chi connectivity index (χ2n) is 5.73. The highest BCUT2D eigenvalue weighted by Gasteiger charge is 2.14. The van der Waals surface area contributed by atoms with E-state index in [1.165, 1.54) is 0 Å². The first-order valence-corrected chi connectivity index (χ1v) is 7.77. The minimum Gasteiger partial charge on any atom is -0.298 e. The summed E-state index contributed by atoms with van der Waals surface area (Å²) in [6.07, 6.45) is 1.75. The molecule has 0 radical (unpaired) electrons. The van der Waals surface area contributed by atoms with Crippen LogP contribution in [0.3, 0.4) is 0 Å². The maximum atomic E-state index is 11.8. The molecule has 0 aliphatic carbocycles. The van der Waals surface area contributed by atoms with Gasteiger partial charge < -0.3 is 0 Å². The smallest absolute Gasteiger partial charge is 0.151 e. The Labute approximate surface area is 139 Å². The van der Waals surface area contributed by atoms with Crippen LogP contribution in [0.5, 0.6) is 0 Å². The Morgan fingerprint density at radius 1 is 0.500 bits per heavy atom. The van der Waals surface area contributed by atoms with Crippen molar-refractivity contribution in [1.29, 1.82) is 0 Å². The molecule has 0 aliphatic rings. The Morgan fingerprint density at radius 2 is 0.917 bits per heavy atom. The van der Waals surface area contributed by atoms with Gasteiger partial charge in [-0.25, -0.2) is 0 Å². The second kappa shape index (κ2) is 5.74. The Balaban J connectivity index is 2.10. The van der Waals surface area contributed by atoms with Crippen LogP contribution in [0.15, 0.2) is 72.8 Å². The lowest BCUT2D eigenvalue weighted by molar-refractivity contribution is 0.111. The molecule has 0 N–H and O–H groups in total. The molecular weight excluding hydrogens is 296 g/mol. The van der Waals surface area contributed by atoms with Crippen LogP contribution in [0.2, 0.25) is 0 Å². The number of rotatable bonds is 3. The molecule has 4 aromatic carbocycles. The van der Waals surface area contributed by atoms with Crippen molar-refractivity contribution < 1.29 is 9.59 Å². The molecule has 0 saturated carbocycles. The van der Waals surface area contributed by atoms with Crippen LogP contribution in [0.1, 0.15) is 20.7 Å². The van der Waals surface area contributed by atoms with E-state index in [2.05, 4.69) is 0 Å². The summed E-state index contributed by atoms with van der Waals surface area (Å²) in [4.78, 5) is 23.6. The van der Waals surface area contributed by atoms with Crippen molar-refractivity contribution in [3.05, 3.63) is 83.9 Å². The van der Waals surface area contributed by atoms with Gasteiger partial charge in [0, 0.05) is 11.1 Å². The minimum atomic E-state index is 0.617. The molecule has 0 amide bonds. The van der Waals surface area contributed by atoms with E-state index in [0.717, 1.165) is 45.2 Å². The van der Waals surface area contributed by atoms with Crippen molar-refractivity contribution >= 4 is 34.1 Å². The molecule has 2 heteroatoms. The summed E-state index contributed by atoms with van der Waals surface area (Å²) in [5, 5.41) is 3.82. The Kier molecular flexibility index (Phi) is 3.43. The Bertz CT molecular complexity index is 1000. The van der Waals surface area contributed by atoms with Crippen LogP contribution in [-0.2, 0) is 0 Å². The van der Waals surface area contributed by atoms with Gasteiger partial charge in [-0.1, -0.05) is 72.8 Å². The third-order valence-corrected chi connectivity index (χ3v) is 4.47. The summed E-state index contributed by atoms with van der Waals surface area (Å²) in [5.41, 5.74) is 2.81. The van der Waals surface area contributed by atoms with Gasteiger partial charge in [-0.2, -0.15) is 0 Å². The van der Waals surface area contributed by atoms with Gasteiger partial charge >= 0.3 is 0 Å². The lowest BCUT2D eigenvalue weighted by Gasteiger charge is -2.13. The van der Waals surface area contributed by atoms with Crippen molar-refractivity contribution in [2.24, 2.45) is 0 Å². The van der Waals surface area contributed by atoms with Gasteiger partial charge in [0.25, 0.3) is 0 Å². The number of hydrogen-bond acceptors (Lipinski definition) is 2. The zero-order chi connectivity index (χ0) is 16.5. The number of fused-ring (bicyclic) bond motifs is 2. The molecular formula is C22H14O2. The molecule has 0 bridgehead atoms. The summed E-state index contributed by atoms with van der Waals surface area (Å²) in [6, 6.07) is 23.4. The van der Waals surface area contributed by atoms with Crippen molar-refractivity contribution in [3.8, 4) is 11.1 Å². The van der Waals surface area contributed by atoms with Gasteiger partial charge in [0.15, 0.2) is 12.6 Å². The molecule has 0 aromatic heterocycles. The van der Waals surface area contributed by atoms with Gasteiger partial charge in [-0.05, 0) is 32.7 Å². The van der Waals surface area contributed by atoms with Gasteiger partial charge in [-0.15, -0.1) is 0 Å². The van der Waals surface area contributed by atoms with Crippen molar-refractivity contribution in [2.75, 3.05) is 0 Å². The van der Waals surface area contributed by atoms with E-state index in [0.29, 0.717) is 11.1 Å². The van der Waals surface area contributed by atoms with Crippen molar-refractivity contribution in [3.63, 3.8) is 0 Å². The largest absolute Gasteiger partial charge is 0.298 e. The summed E-state index contributed by atoms with van der Waals surface area (Å²) in [5.74, 6) is 0. The van der Waals surface area contributed by atoms with E-state index in [1.807, 2.05) is 72.8 Å². The third-order valence-electron chi connectivity index (χ3n) is 4.47. The SMILES string of the molecule is O=Cc1c(-c2ccc3ccccc3c2C=O)ccc2ccccc12. The lowest BCUT2D eigenvalue weighted by Crippen LogP contribution is -1.95. The van der Waals surface area contributed by atoms with Gasteiger partial charge in [0.05, 0.1) is 0 Å². The monoisotopic (exact) mass is 310 g/mol. The molecule has 114 valence electrons. The van der Waals surface area contributed by atoms with Crippen LogP contribution in [0, 0.1) is 0 Å². The fraction of sp³-hybridized carbons (Fsp3) is 0. The van der Waals surface area contributed by atoms with E-state index < -0.39 is 0 Å². The lowest BCUT2D eigenvalue weighted by atomic mass is 9.90. The highest BCUT2D eigenvalue weighted by molar-refractivity contribution is 6.10. The average molecular weight is 310 g/mol. The molecule has 24 heavy (non-hydrogen) atoms. The molecule has 0 fully saturated rings. The summed E-state index contributed by atoms with van der Waals surface area (Å²) < 4.78 is 0. The van der Waals surface area contributed by atoms with Crippen LogP contribution in [0.25, 0.3) is 32.7 Å². The summed E-state index contributed by atoms with van der Waals surface area (Å²) >= 11 is 0. The first-order valence-electron chi connectivity index (χ1n) is 7.77. The molecule has 0 saturated heterocycles. The van der Waals surface area contributed by atoms with E-state index in [1.54, 1.807) is 0 Å². The van der Waals surface area contributed by atoms with Crippen LogP contribution in [-0.4, -0.2) is 12.6 Å². The van der Waals surface area contributed by atoms with Gasteiger partial charge in [-0.3, -0.25) is 9.59 Å². The molecule has 0 spiro atoms. The topological polar surface area (TPSA) is 34.1 Å². The molecule has 4 rings (SSSR count). The Morgan fingerprint density at radius 3 is 1.33 bits per heavy atom. The highest BCUT2D eigenvalue weighted by atomic mass is 16.1. The number of carbonyl (C=O) groups excluding carboxylic acids is 2. The van der Waals surface area contributed by atoms with Crippen molar-refractivity contribution in [1.82, 2.24) is 0 Å². The first kappa shape index (κ1) is 14.3. The predicted octanol–water partition coefficient (Wildman–Crippen LogP) is 5.29. The van der Waals surface area contributed by atoms with Crippen LogP contribution in [0.4, 0.5) is 0 Å². The molecule has 4 aromatic rings. The minimum absolute atomic E-state index is 0.617. The predicted molar refractivity (Wildman–Crippen MR) is 97.7 cm³/mol. The second-order valence-corrected chi connectivity index (χ2v) is 5.73. The van der Waals surface area contributed by atoms with Crippen LogP contribution < -0.4 is 0 Å². The highest BCUT2D eigenvalue weighted by Crippen LogP contribution is 2.34. The third kappa shape index (κ3) is 2.12. The van der Waals surface area contributed by atoms with E-state index >= 15 is 0 Å². The molecule has 2 nitrogen and oxygen atoms in total. The zero-order valence-corrected chi connectivity index (χ0v) is 12.9. The maximum absolute atomic E-state index is 11.8. The van der Waals surface area contributed by atoms with Gasteiger partial charge in [0.1, 0.15) is 0 Å².